The van der Waals surface area contributed by atoms with Gasteiger partial charge in [0.1, 0.15) is 5.78 Å². The second kappa shape index (κ2) is 7.10. The summed E-state index contributed by atoms with van der Waals surface area (Å²) < 4.78 is 6.55. The molecule has 4 nitrogen and oxygen atoms in total. The number of fused-ring (bicyclic) bond motifs is 6. The van der Waals surface area contributed by atoms with Gasteiger partial charge in [0.05, 0.1) is 5.41 Å². The van der Waals surface area contributed by atoms with Crippen LogP contribution in [-0.2, 0) is 19.1 Å². The Morgan fingerprint density at radius 2 is 1.40 bits per heavy atom. The van der Waals surface area contributed by atoms with Crippen molar-refractivity contribution in [3.05, 3.63) is 11.6 Å². The molecular weight excluding hydrogens is 436 g/mol. The van der Waals surface area contributed by atoms with Crippen molar-refractivity contribution in [3.8, 4) is 0 Å². The summed E-state index contributed by atoms with van der Waals surface area (Å²) in [6.45, 7) is 17.8. The molecule has 0 N–H and O–H groups in total. The Morgan fingerprint density at radius 1 is 0.771 bits per heavy atom. The number of esters is 1. The topological polar surface area (TPSA) is 60.4 Å². The van der Waals surface area contributed by atoms with Gasteiger partial charge in [0, 0.05) is 17.3 Å². The molecule has 194 valence electrons. The van der Waals surface area contributed by atoms with Gasteiger partial charge in [-0.25, -0.2) is 0 Å². The average molecular weight is 483 g/mol. The molecule has 4 heteroatoms. The van der Waals surface area contributed by atoms with Gasteiger partial charge in [-0.1, -0.05) is 54.0 Å². The smallest absolute Gasteiger partial charge is 0.312 e. The quantitative estimate of drug-likeness (QED) is 0.349. The minimum absolute atomic E-state index is 0.000596. The highest BCUT2D eigenvalue weighted by Crippen LogP contribution is 2.73. The maximum absolute atomic E-state index is 14.4. The van der Waals surface area contributed by atoms with Crippen molar-refractivity contribution in [3.63, 3.8) is 0 Å². The molecule has 3 aliphatic carbocycles. The summed E-state index contributed by atoms with van der Waals surface area (Å²) in [6, 6.07) is 0. The molecule has 4 fully saturated rings. The van der Waals surface area contributed by atoms with Gasteiger partial charge in [0.25, 0.3) is 0 Å². The highest BCUT2D eigenvalue weighted by Gasteiger charge is 2.73. The fourth-order valence-electron chi connectivity index (χ4n) is 9.40. The highest BCUT2D eigenvalue weighted by molar-refractivity contribution is 6.02. The van der Waals surface area contributed by atoms with Crippen LogP contribution in [0.25, 0.3) is 0 Å². The molecular formula is C31H46O4. The third kappa shape index (κ3) is 3.00. The van der Waals surface area contributed by atoms with E-state index in [1.54, 1.807) is 0 Å². The van der Waals surface area contributed by atoms with Crippen LogP contribution in [0.3, 0.4) is 0 Å². The Balaban J connectivity index is 1.72. The first-order chi connectivity index (χ1) is 16.0. The number of hydrogen-bond acceptors (Lipinski definition) is 4. The Morgan fingerprint density at radius 3 is 2.09 bits per heavy atom. The van der Waals surface area contributed by atoms with Crippen LogP contribution < -0.4 is 0 Å². The van der Waals surface area contributed by atoms with E-state index in [-0.39, 0.29) is 39.3 Å². The second-order valence-corrected chi connectivity index (χ2v) is 15.2. The summed E-state index contributed by atoms with van der Waals surface area (Å²) in [6.07, 6.45) is 10.0. The SMILES string of the molecule is CC1(C)CC[C@@]2(C)CC[C@@]3(C)[C@]4(C)CC[C@H]5C(C)(C)C(=O)CC[C@]5(C)C4=CC(=O)[C@@]3(CC1)OC2=O. The fraction of sp³-hybridized carbons (Fsp3) is 0.839. The first kappa shape index (κ1) is 25.2. The molecule has 5 aliphatic rings. The standard InChI is InChI=1S/C31H46O4/c1-25(2)13-15-27(5)16-17-30(8)29(7)12-9-20-26(3,4)22(32)10-11-28(20,6)21(29)19-23(33)31(30,18-14-25)35-24(27)34/h19-20H,9-18H2,1-8H3/t20-,27-,28-,29+,30-,31+/m0/s1. The first-order valence-electron chi connectivity index (χ1n) is 14.0. The van der Waals surface area contributed by atoms with Crippen LogP contribution in [0, 0.1) is 38.4 Å². The zero-order valence-corrected chi connectivity index (χ0v) is 23.4. The van der Waals surface area contributed by atoms with Crippen molar-refractivity contribution in [2.24, 2.45) is 38.4 Å². The van der Waals surface area contributed by atoms with E-state index in [0.717, 1.165) is 51.4 Å². The van der Waals surface area contributed by atoms with Gasteiger partial charge in [-0.05, 0) is 93.0 Å². The number of carbonyl (C=O) groups excluding carboxylic acids is 3. The zero-order valence-electron chi connectivity index (χ0n) is 23.4. The lowest BCUT2D eigenvalue weighted by Crippen LogP contribution is -2.68. The van der Waals surface area contributed by atoms with Crippen molar-refractivity contribution < 1.29 is 19.1 Å². The van der Waals surface area contributed by atoms with E-state index >= 15 is 0 Å². The second-order valence-electron chi connectivity index (χ2n) is 15.2. The van der Waals surface area contributed by atoms with Crippen LogP contribution in [0.4, 0.5) is 0 Å². The minimum Gasteiger partial charge on any atom is -0.450 e. The average Bonchev–Trinajstić information content (AvgIpc) is 2.83. The van der Waals surface area contributed by atoms with Gasteiger partial charge in [-0.3, -0.25) is 14.4 Å². The molecule has 2 saturated heterocycles. The van der Waals surface area contributed by atoms with Gasteiger partial charge in [0.2, 0.25) is 0 Å². The molecule has 0 amide bonds. The van der Waals surface area contributed by atoms with Crippen molar-refractivity contribution in [2.75, 3.05) is 0 Å². The third-order valence-corrected chi connectivity index (χ3v) is 12.6. The van der Waals surface area contributed by atoms with Gasteiger partial charge in [0.15, 0.2) is 11.4 Å². The Bertz CT molecular complexity index is 1030. The van der Waals surface area contributed by atoms with E-state index in [4.69, 9.17) is 4.74 Å². The van der Waals surface area contributed by atoms with Crippen LogP contribution >= 0.6 is 0 Å². The Labute approximate surface area is 212 Å². The van der Waals surface area contributed by atoms with E-state index in [1.165, 1.54) is 5.57 Å². The predicted molar refractivity (Wildman–Crippen MR) is 137 cm³/mol. The molecule has 0 radical (unpaired) electrons. The number of Topliss-reactive ketones (excluding diaryl/α,β-unsaturated/α-hetero) is 1. The molecule has 35 heavy (non-hydrogen) atoms. The van der Waals surface area contributed by atoms with Crippen molar-refractivity contribution in [1.29, 1.82) is 0 Å². The lowest BCUT2D eigenvalue weighted by molar-refractivity contribution is -0.204. The molecule has 0 aromatic heterocycles. The monoisotopic (exact) mass is 482 g/mol. The molecule has 2 aliphatic heterocycles. The maximum Gasteiger partial charge on any atom is 0.312 e. The summed E-state index contributed by atoms with van der Waals surface area (Å²) in [5, 5.41) is 0. The largest absolute Gasteiger partial charge is 0.450 e. The molecule has 1 spiro atoms. The van der Waals surface area contributed by atoms with Crippen LogP contribution in [0.15, 0.2) is 11.6 Å². The zero-order chi connectivity index (χ0) is 25.9. The molecule has 0 unspecified atom stereocenters. The molecule has 0 aromatic carbocycles. The summed E-state index contributed by atoms with van der Waals surface area (Å²) in [5.41, 5.74) is -1.65. The number of ether oxygens (including phenoxy) is 1. The Hall–Kier alpha value is -1.45. The van der Waals surface area contributed by atoms with E-state index in [0.29, 0.717) is 18.6 Å². The summed E-state index contributed by atoms with van der Waals surface area (Å²) >= 11 is 0. The van der Waals surface area contributed by atoms with Crippen LogP contribution in [0.5, 0.6) is 0 Å². The van der Waals surface area contributed by atoms with E-state index in [2.05, 4.69) is 55.4 Å². The predicted octanol–water partition coefficient (Wildman–Crippen LogP) is 7.00. The van der Waals surface area contributed by atoms with Gasteiger partial charge in [-0.15, -0.1) is 0 Å². The third-order valence-electron chi connectivity index (χ3n) is 12.6. The number of allylic oxidation sites excluding steroid dienone is 1. The molecule has 2 bridgehead atoms. The van der Waals surface area contributed by atoms with Crippen molar-refractivity contribution in [1.82, 2.24) is 0 Å². The molecule has 6 atom stereocenters. The van der Waals surface area contributed by atoms with Gasteiger partial charge >= 0.3 is 5.97 Å². The lowest BCUT2D eigenvalue weighted by atomic mass is 9.37. The van der Waals surface area contributed by atoms with Crippen LogP contribution in [0.2, 0.25) is 0 Å². The highest BCUT2D eigenvalue weighted by atomic mass is 16.6. The Kier molecular flexibility index (Phi) is 5.11. The van der Waals surface area contributed by atoms with E-state index in [1.807, 2.05) is 6.08 Å². The van der Waals surface area contributed by atoms with Crippen molar-refractivity contribution in [2.45, 2.75) is 125 Å². The fourth-order valence-corrected chi connectivity index (χ4v) is 9.40. The summed E-state index contributed by atoms with van der Waals surface area (Å²) in [4.78, 5) is 41.1. The number of rotatable bonds is 0. The number of ketones is 2. The maximum atomic E-state index is 14.4. The molecule has 2 heterocycles. The van der Waals surface area contributed by atoms with Gasteiger partial charge in [-0.2, -0.15) is 0 Å². The normalized spacial score (nSPS) is 48.7. The van der Waals surface area contributed by atoms with Gasteiger partial charge < -0.3 is 4.74 Å². The lowest BCUT2D eigenvalue weighted by Gasteiger charge is -2.67. The molecule has 5 rings (SSSR count). The number of carbonyl (C=O) groups is 3. The minimum atomic E-state index is -1.11. The van der Waals surface area contributed by atoms with Crippen LogP contribution in [0.1, 0.15) is 120 Å². The summed E-state index contributed by atoms with van der Waals surface area (Å²) in [5.74, 6) is 0.419. The van der Waals surface area contributed by atoms with Crippen LogP contribution in [-0.4, -0.2) is 23.1 Å². The van der Waals surface area contributed by atoms with E-state index in [9.17, 15) is 14.4 Å². The summed E-state index contributed by atoms with van der Waals surface area (Å²) in [7, 11) is 0. The first-order valence-corrected chi connectivity index (χ1v) is 14.0. The van der Waals surface area contributed by atoms with E-state index < -0.39 is 16.4 Å². The molecule has 2 saturated carbocycles. The number of hydrogen-bond donors (Lipinski definition) is 0. The van der Waals surface area contributed by atoms with Crippen molar-refractivity contribution >= 4 is 17.5 Å². The molecule has 0 aromatic rings.